The molecule has 1 rings (SSSR count). The van der Waals surface area contributed by atoms with Gasteiger partial charge in [-0.25, -0.2) is 0 Å². The van der Waals surface area contributed by atoms with Gasteiger partial charge in [0.05, 0.1) is 6.04 Å². The Morgan fingerprint density at radius 1 is 1.24 bits per heavy atom. The van der Waals surface area contributed by atoms with Crippen LogP contribution in [0.4, 0.5) is 0 Å². The summed E-state index contributed by atoms with van der Waals surface area (Å²) < 4.78 is 10.7. The van der Waals surface area contributed by atoms with Crippen LogP contribution in [0.5, 0.6) is 0 Å². The van der Waals surface area contributed by atoms with Gasteiger partial charge in [-0.3, -0.25) is 4.98 Å². The molecular formula is C13H22N2O2. The first-order valence-corrected chi connectivity index (χ1v) is 5.99. The summed E-state index contributed by atoms with van der Waals surface area (Å²) in [7, 11) is 3.34. The van der Waals surface area contributed by atoms with E-state index in [-0.39, 0.29) is 12.3 Å². The van der Waals surface area contributed by atoms with Crippen molar-refractivity contribution in [3.63, 3.8) is 0 Å². The molecule has 1 aromatic rings. The molecule has 1 aromatic heterocycles. The molecule has 0 saturated heterocycles. The molecule has 0 aromatic carbocycles. The molecule has 0 aliphatic carbocycles. The second-order valence-corrected chi connectivity index (χ2v) is 3.96. The number of nitrogens with zero attached hydrogens (tertiary/aromatic N) is 1. The molecule has 1 N–H and O–H groups in total. The van der Waals surface area contributed by atoms with Crippen molar-refractivity contribution in [1.82, 2.24) is 10.3 Å². The number of rotatable bonds is 8. The van der Waals surface area contributed by atoms with Gasteiger partial charge in [0, 0.05) is 26.6 Å². The largest absolute Gasteiger partial charge is 0.354 e. The Labute approximate surface area is 103 Å². The van der Waals surface area contributed by atoms with Gasteiger partial charge in [-0.05, 0) is 37.1 Å². The van der Waals surface area contributed by atoms with E-state index in [0.29, 0.717) is 0 Å². The smallest absolute Gasteiger partial charge is 0.172 e. The van der Waals surface area contributed by atoms with Crippen LogP contribution in [-0.2, 0) is 15.9 Å². The number of hydrogen-bond donors (Lipinski definition) is 1. The van der Waals surface area contributed by atoms with Gasteiger partial charge in [-0.15, -0.1) is 0 Å². The van der Waals surface area contributed by atoms with Crippen LogP contribution in [0.15, 0.2) is 24.5 Å². The first kappa shape index (κ1) is 14.1. The number of hydrogen-bond acceptors (Lipinski definition) is 4. The maximum absolute atomic E-state index is 5.33. The summed E-state index contributed by atoms with van der Waals surface area (Å²) in [4.78, 5) is 4.02. The summed E-state index contributed by atoms with van der Waals surface area (Å²) in [5.41, 5.74) is 1.23. The molecule has 96 valence electrons. The molecule has 0 aliphatic rings. The minimum Gasteiger partial charge on any atom is -0.354 e. The Morgan fingerprint density at radius 3 is 2.41 bits per heavy atom. The molecule has 0 bridgehead atoms. The van der Waals surface area contributed by atoms with E-state index >= 15 is 0 Å². The van der Waals surface area contributed by atoms with Gasteiger partial charge in [0.1, 0.15) is 0 Å². The Bertz CT molecular complexity index is 289. The molecule has 0 saturated carbocycles. The van der Waals surface area contributed by atoms with E-state index in [4.69, 9.17) is 9.47 Å². The van der Waals surface area contributed by atoms with E-state index in [9.17, 15) is 0 Å². The summed E-state index contributed by atoms with van der Waals surface area (Å²) in [6.45, 7) is 3.10. The van der Waals surface area contributed by atoms with E-state index in [1.165, 1.54) is 5.56 Å². The number of nitrogens with one attached hydrogen (secondary N) is 1. The van der Waals surface area contributed by atoms with Gasteiger partial charge in [-0.2, -0.15) is 0 Å². The highest BCUT2D eigenvalue weighted by atomic mass is 16.7. The van der Waals surface area contributed by atoms with Crippen molar-refractivity contribution in [2.75, 3.05) is 20.8 Å². The van der Waals surface area contributed by atoms with Crippen LogP contribution in [0, 0.1) is 0 Å². The standard InChI is InChI=1S/C13H22N2O2/c1-4-7-15-12(13(16-2)17-3)10-11-5-8-14-9-6-11/h5-6,8-9,12-13,15H,4,7,10H2,1-3H3. The van der Waals surface area contributed by atoms with Crippen molar-refractivity contribution in [2.24, 2.45) is 0 Å². The Kier molecular flexibility index (Phi) is 6.77. The molecule has 4 nitrogen and oxygen atoms in total. The summed E-state index contributed by atoms with van der Waals surface area (Å²) >= 11 is 0. The zero-order valence-electron chi connectivity index (χ0n) is 10.8. The lowest BCUT2D eigenvalue weighted by Gasteiger charge is -2.25. The highest BCUT2D eigenvalue weighted by Crippen LogP contribution is 2.08. The average molecular weight is 238 g/mol. The predicted octanol–water partition coefficient (Wildman–Crippen LogP) is 1.61. The van der Waals surface area contributed by atoms with Crippen molar-refractivity contribution in [3.05, 3.63) is 30.1 Å². The Balaban J connectivity index is 2.62. The van der Waals surface area contributed by atoms with Crippen LogP contribution in [-0.4, -0.2) is 38.1 Å². The lowest BCUT2D eigenvalue weighted by molar-refractivity contribution is -0.122. The minimum absolute atomic E-state index is 0.160. The number of pyridine rings is 1. The van der Waals surface area contributed by atoms with Crippen molar-refractivity contribution < 1.29 is 9.47 Å². The predicted molar refractivity (Wildman–Crippen MR) is 67.8 cm³/mol. The lowest BCUT2D eigenvalue weighted by Crippen LogP contribution is -2.44. The fourth-order valence-electron chi connectivity index (χ4n) is 1.79. The van der Waals surface area contributed by atoms with Gasteiger partial charge in [0.2, 0.25) is 0 Å². The van der Waals surface area contributed by atoms with Crippen LogP contribution < -0.4 is 5.32 Å². The van der Waals surface area contributed by atoms with Gasteiger partial charge in [-0.1, -0.05) is 6.92 Å². The van der Waals surface area contributed by atoms with E-state index in [1.807, 2.05) is 12.1 Å². The number of methoxy groups -OCH3 is 2. The first-order valence-electron chi connectivity index (χ1n) is 5.99. The van der Waals surface area contributed by atoms with Gasteiger partial charge in [0.15, 0.2) is 6.29 Å². The molecule has 1 atom stereocenters. The molecule has 1 heterocycles. The summed E-state index contributed by atoms with van der Waals surface area (Å²) in [6.07, 6.45) is 5.35. The van der Waals surface area contributed by atoms with E-state index in [2.05, 4.69) is 17.2 Å². The topological polar surface area (TPSA) is 43.4 Å². The summed E-state index contributed by atoms with van der Waals surface area (Å²) in [5, 5.41) is 3.45. The molecule has 0 amide bonds. The molecule has 4 heteroatoms. The zero-order valence-corrected chi connectivity index (χ0v) is 10.8. The first-order chi connectivity index (χ1) is 8.31. The van der Waals surface area contributed by atoms with E-state index in [0.717, 1.165) is 19.4 Å². The number of aromatic nitrogens is 1. The van der Waals surface area contributed by atoms with Crippen molar-refractivity contribution >= 4 is 0 Å². The maximum Gasteiger partial charge on any atom is 0.172 e. The van der Waals surface area contributed by atoms with E-state index < -0.39 is 0 Å². The van der Waals surface area contributed by atoms with E-state index in [1.54, 1.807) is 26.6 Å². The van der Waals surface area contributed by atoms with Gasteiger partial charge in [0.25, 0.3) is 0 Å². The average Bonchev–Trinajstić information content (AvgIpc) is 2.38. The highest BCUT2D eigenvalue weighted by Gasteiger charge is 2.20. The molecule has 0 spiro atoms. The van der Waals surface area contributed by atoms with Gasteiger partial charge >= 0.3 is 0 Å². The lowest BCUT2D eigenvalue weighted by atomic mass is 10.1. The van der Waals surface area contributed by atoms with Crippen molar-refractivity contribution in [3.8, 4) is 0 Å². The quantitative estimate of drug-likeness (QED) is 0.699. The summed E-state index contributed by atoms with van der Waals surface area (Å²) in [6, 6.07) is 4.19. The third kappa shape index (κ3) is 4.81. The van der Waals surface area contributed by atoms with Crippen LogP contribution in [0.3, 0.4) is 0 Å². The third-order valence-electron chi connectivity index (χ3n) is 2.65. The molecule has 17 heavy (non-hydrogen) atoms. The fraction of sp³-hybridized carbons (Fsp3) is 0.615. The minimum atomic E-state index is -0.227. The SMILES string of the molecule is CCCNC(Cc1ccncc1)C(OC)OC. The Hall–Kier alpha value is -0.970. The molecule has 0 radical (unpaired) electrons. The Morgan fingerprint density at radius 2 is 1.88 bits per heavy atom. The summed E-state index contributed by atoms with van der Waals surface area (Å²) in [5.74, 6) is 0. The molecular weight excluding hydrogens is 216 g/mol. The normalized spacial score (nSPS) is 12.9. The molecule has 0 fully saturated rings. The van der Waals surface area contributed by atoms with Crippen LogP contribution in [0.2, 0.25) is 0 Å². The molecule has 0 aliphatic heterocycles. The number of ether oxygens (including phenoxy) is 2. The molecule has 1 unspecified atom stereocenters. The fourth-order valence-corrected chi connectivity index (χ4v) is 1.79. The third-order valence-corrected chi connectivity index (χ3v) is 2.65. The zero-order chi connectivity index (χ0) is 12.5. The van der Waals surface area contributed by atoms with Crippen molar-refractivity contribution in [1.29, 1.82) is 0 Å². The van der Waals surface area contributed by atoms with Gasteiger partial charge < -0.3 is 14.8 Å². The highest BCUT2D eigenvalue weighted by molar-refractivity contribution is 5.11. The van der Waals surface area contributed by atoms with Crippen molar-refractivity contribution in [2.45, 2.75) is 32.1 Å². The second-order valence-electron chi connectivity index (χ2n) is 3.96. The van der Waals surface area contributed by atoms with Crippen LogP contribution >= 0.6 is 0 Å². The maximum atomic E-state index is 5.33. The van der Waals surface area contributed by atoms with Crippen LogP contribution in [0.25, 0.3) is 0 Å². The van der Waals surface area contributed by atoms with Crippen LogP contribution in [0.1, 0.15) is 18.9 Å². The monoisotopic (exact) mass is 238 g/mol. The second kappa shape index (κ2) is 8.17.